The van der Waals surface area contributed by atoms with E-state index >= 15 is 0 Å². The van der Waals surface area contributed by atoms with Gasteiger partial charge in [-0.15, -0.1) is 0 Å². The van der Waals surface area contributed by atoms with E-state index in [2.05, 4.69) is 4.98 Å². The van der Waals surface area contributed by atoms with Crippen LogP contribution in [0.4, 0.5) is 5.69 Å². The molecule has 16 heavy (non-hydrogen) atoms. The van der Waals surface area contributed by atoms with Gasteiger partial charge in [0.05, 0.1) is 11.5 Å². The Morgan fingerprint density at radius 3 is 2.88 bits per heavy atom. The van der Waals surface area contributed by atoms with Crippen LogP contribution in [-0.2, 0) is 0 Å². The minimum absolute atomic E-state index is 0.000877. The van der Waals surface area contributed by atoms with Gasteiger partial charge in [0.25, 0.3) is 5.69 Å². The molecule has 5 heteroatoms. The second-order valence-electron chi connectivity index (χ2n) is 3.19. The van der Waals surface area contributed by atoms with Crippen molar-refractivity contribution in [1.29, 1.82) is 0 Å². The fourth-order valence-corrected chi connectivity index (χ4v) is 1.49. The zero-order valence-corrected chi connectivity index (χ0v) is 8.71. The molecule has 0 radical (unpaired) electrons. The Hall–Kier alpha value is -2.17. The van der Waals surface area contributed by atoms with E-state index in [9.17, 15) is 10.1 Å². The van der Waals surface area contributed by atoms with Gasteiger partial charge in [0.1, 0.15) is 0 Å². The maximum atomic E-state index is 10.8. The molecule has 0 N–H and O–H groups in total. The summed E-state index contributed by atoms with van der Waals surface area (Å²) in [6, 6.07) is 8.33. The lowest BCUT2D eigenvalue weighted by molar-refractivity contribution is -0.383. The number of hydrogen-bond acceptors (Lipinski definition) is 4. The fraction of sp³-hybridized carbons (Fsp3) is 0.182. The van der Waals surface area contributed by atoms with Gasteiger partial charge in [-0.1, -0.05) is 12.1 Å². The van der Waals surface area contributed by atoms with Crippen molar-refractivity contribution in [3.8, 4) is 5.88 Å². The highest BCUT2D eigenvalue weighted by Crippen LogP contribution is 2.25. The van der Waals surface area contributed by atoms with Crippen molar-refractivity contribution in [3.63, 3.8) is 0 Å². The molecule has 2 aromatic rings. The van der Waals surface area contributed by atoms with Crippen LogP contribution < -0.4 is 4.74 Å². The summed E-state index contributed by atoms with van der Waals surface area (Å²) in [6.07, 6.45) is 0. The van der Waals surface area contributed by atoms with Gasteiger partial charge in [0, 0.05) is 17.5 Å². The smallest absolute Gasteiger partial charge is 0.295 e. The van der Waals surface area contributed by atoms with Crippen LogP contribution in [0, 0.1) is 10.1 Å². The maximum absolute atomic E-state index is 10.8. The number of nitro benzene ring substituents is 1. The van der Waals surface area contributed by atoms with E-state index in [1.165, 1.54) is 6.07 Å². The summed E-state index contributed by atoms with van der Waals surface area (Å²) in [5, 5.41) is 11.5. The second kappa shape index (κ2) is 4.14. The van der Waals surface area contributed by atoms with Crippen molar-refractivity contribution in [2.75, 3.05) is 6.61 Å². The molecule has 0 aliphatic heterocycles. The van der Waals surface area contributed by atoms with Crippen LogP contribution in [0.2, 0.25) is 0 Å². The minimum Gasteiger partial charge on any atom is -0.478 e. The van der Waals surface area contributed by atoms with Crippen molar-refractivity contribution in [1.82, 2.24) is 4.98 Å². The quantitative estimate of drug-likeness (QED) is 0.586. The largest absolute Gasteiger partial charge is 0.478 e. The molecule has 0 saturated carbocycles. The number of ether oxygens (including phenoxy) is 1. The Bertz CT molecular complexity index is 540. The van der Waals surface area contributed by atoms with Crippen LogP contribution in [-0.4, -0.2) is 16.5 Å². The summed E-state index contributed by atoms with van der Waals surface area (Å²) < 4.78 is 5.21. The molecule has 0 fully saturated rings. The Morgan fingerprint density at radius 2 is 2.19 bits per heavy atom. The molecule has 0 amide bonds. The van der Waals surface area contributed by atoms with Crippen molar-refractivity contribution < 1.29 is 9.66 Å². The summed E-state index contributed by atoms with van der Waals surface area (Å²) >= 11 is 0. The zero-order valence-electron chi connectivity index (χ0n) is 8.71. The van der Waals surface area contributed by atoms with Crippen molar-refractivity contribution in [3.05, 3.63) is 40.4 Å². The molecule has 0 aliphatic rings. The molecule has 0 unspecified atom stereocenters. The third-order valence-corrected chi connectivity index (χ3v) is 2.16. The normalized spacial score (nSPS) is 10.3. The van der Waals surface area contributed by atoms with Crippen LogP contribution in [0.25, 0.3) is 10.9 Å². The van der Waals surface area contributed by atoms with Crippen LogP contribution in [0.15, 0.2) is 30.3 Å². The molecular weight excluding hydrogens is 208 g/mol. The summed E-state index contributed by atoms with van der Waals surface area (Å²) in [6.45, 7) is 2.32. The average Bonchev–Trinajstić information content (AvgIpc) is 2.28. The lowest BCUT2D eigenvalue weighted by atomic mass is 10.2. The van der Waals surface area contributed by atoms with E-state index in [0.717, 1.165) is 5.39 Å². The van der Waals surface area contributed by atoms with E-state index in [1.807, 2.05) is 6.92 Å². The maximum Gasteiger partial charge on any atom is 0.295 e. The molecule has 82 valence electrons. The number of fused-ring (bicyclic) bond motifs is 1. The first kappa shape index (κ1) is 10.4. The molecule has 0 spiro atoms. The molecular formula is C11H10N2O3. The lowest BCUT2D eigenvalue weighted by Crippen LogP contribution is -1.96. The van der Waals surface area contributed by atoms with Gasteiger partial charge >= 0.3 is 0 Å². The van der Waals surface area contributed by atoms with Gasteiger partial charge < -0.3 is 4.74 Å². The summed E-state index contributed by atoms with van der Waals surface area (Å²) in [5.41, 5.74) is 0.359. The summed E-state index contributed by atoms with van der Waals surface area (Å²) in [5.74, 6) is 0.407. The van der Waals surface area contributed by atoms with E-state index in [1.54, 1.807) is 24.3 Å². The van der Waals surface area contributed by atoms with Gasteiger partial charge in [-0.05, 0) is 13.0 Å². The zero-order chi connectivity index (χ0) is 11.5. The average molecular weight is 218 g/mol. The molecule has 5 nitrogen and oxygen atoms in total. The minimum atomic E-state index is -0.439. The van der Waals surface area contributed by atoms with Crippen LogP contribution in [0.5, 0.6) is 5.88 Å². The first-order valence-electron chi connectivity index (χ1n) is 4.89. The van der Waals surface area contributed by atoms with Crippen molar-refractivity contribution in [2.45, 2.75) is 6.92 Å². The van der Waals surface area contributed by atoms with Gasteiger partial charge in [-0.2, -0.15) is 0 Å². The number of rotatable bonds is 3. The lowest BCUT2D eigenvalue weighted by Gasteiger charge is -2.03. The predicted molar refractivity (Wildman–Crippen MR) is 59.6 cm³/mol. The molecule has 0 saturated heterocycles. The first-order valence-corrected chi connectivity index (χ1v) is 4.89. The number of pyridine rings is 1. The number of para-hydroxylation sites is 1. The van der Waals surface area contributed by atoms with Crippen LogP contribution in [0.1, 0.15) is 6.92 Å². The third kappa shape index (κ3) is 1.79. The fourth-order valence-electron chi connectivity index (χ4n) is 1.49. The van der Waals surface area contributed by atoms with Crippen molar-refractivity contribution >= 4 is 16.6 Å². The van der Waals surface area contributed by atoms with E-state index in [4.69, 9.17) is 4.74 Å². The summed E-state index contributed by atoms with van der Waals surface area (Å²) in [7, 11) is 0. The molecule has 0 atom stereocenters. The van der Waals surface area contributed by atoms with E-state index < -0.39 is 4.92 Å². The third-order valence-electron chi connectivity index (χ3n) is 2.16. The molecule has 1 heterocycles. The number of nitrogens with zero attached hydrogens (tertiary/aromatic N) is 2. The molecule has 2 rings (SSSR count). The standard InChI is InChI=1S/C11H10N2O3/c1-2-16-10-7-6-8-4-3-5-9(13(14)15)11(8)12-10/h3-7H,2H2,1H3. The van der Waals surface area contributed by atoms with E-state index in [-0.39, 0.29) is 5.69 Å². The Labute approximate surface area is 91.8 Å². The SMILES string of the molecule is CCOc1ccc2cccc([N+](=O)[O-])c2n1. The molecule has 0 bridgehead atoms. The Balaban J connectivity index is 2.63. The van der Waals surface area contributed by atoms with Crippen LogP contribution in [0.3, 0.4) is 0 Å². The van der Waals surface area contributed by atoms with Gasteiger partial charge in [-0.25, -0.2) is 4.98 Å². The molecule has 0 aliphatic carbocycles. The highest BCUT2D eigenvalue weighted by molar-refractivity contribution is 5.87. The molecule has 1 aromatic carbocycles. The highest BCUT2D eigenvalue weighted by atomic mass is 16.6. The Morgan fingerprint density at radius 1 is 1.38 bits per heavy atom. The second-order valence-corrected chi connectivity index (χ2v) is 3.19. The highest BCUT2D eigenvalue weighted by Gasteiger charge is 2.13. The number of aromatic nitrogens is 1. The monoisotopic (exact) mass is 218 g/mol. The predicted octanol–water partition coefficient (Wildman–Crippen LogP) is 2.54. The van der Waals surface area contributed by atoms with Crippen LogP contribution >= 0.6 is 0 Å². The van der Waals surface area contributed by atoms with Gasteiger partial charge in [0.2, 0.25) is 5.88 Å². The van der Waals surface area contributed by atoms with Crippen molar-refractivity contribution in [2.24, 2.45) is 0 Å². The summed E-state index contributed by atoms with van der Waals surface area (Å²) in [4.78, 5) is 14.5. The Kier molecular flexibility index (Phi) is 2.68. The number of benzene rings is 1. The topological polar surface area (TPSA) is 65.3 Å². The number of hydrogen-bond donors (Lipinski definition) is 0. The molecule has 1 aromatic heterocycles. The number of non-ortho nitro benzene ring substituents is 1. The first-order chi connectivity index (χ1) is 7.72. The number of nitro groups is 1. The van der Waals surface area contributed by atoms with Gasteiger partial charge in [0.15, 0.2) is 5.52 Å². The van der Waals surface area contributed by atoms with Gasteiger partial charge in [-0.3, -0.25) is 10.1 Å². The van der Waals surface area contributed by atoms with E-state index in [0.29, 0.717) is 18.0 Å².